The largest absolute Gasteiger partial charge is 0.256 e. The van der Waals surface area contributed by atoms with Gasteiger partial charge in [-0.25, -0.2) is 9.78 Å². The Labute approximate surface area is 117 Å². The van der Waals surface area contributed by atoms with Crippen molar-refractivity contribution in [3.8, 4) is 0 Å². The SMILES string of the molecule is C1CCCC2(CCC1)NC1(CCCCCCC1)OO2. The number of hydrogen-bond donors (Lipinski definition) is 1. The molecule has 0 aromatic heterocycles. The Morgan fingerprint density at radius 1 is 0.474 bits per heavy atom. The zero-order valence-corrected chi connectivity index (χ0v) is 12.2. The van der Waals surface area contributed by atoms with Gasteiger partial charge >= 0.3 is 0 Å². The molecule has 0 bridgehead atoms. The second kappa shape index (κ2) is 6.11. The van der Waals surface area contributed by atoms with Crippen molar-refractivity contribution in [3.05, 3.63) is 0 Å². The lowest BCUT2D eigenvalue weighted by molar-refractivity contribution is -0.355. The molecule has 2 aliphatic carbocycles. The van der Waals surface area contributed by atoms with Crippen LogP contribution in [0, 0.1) is 0 Å². The molecule has 1 aliphatic heterocycles. The van der Waals surface area contributed by atoms with Crippen LogP contribution in [0.5, 0.6) is 0 Å². The van der Waals surface area contributed by atoms with Gasteiger partial charge in [-0.1, -0.05) is 38.5 Å². The van der Waals surface area contributed by atoms with Gasteiger partial charge in [0.1, 0.15) is 0 Å². The van der Waals surface area contributed by atoms with Crippen LogP contribution in [-0.2, 0) is 9.78 Å². The molecular weight excluding hydrogens is 238 g/mol. The molecule has 110 valence electrons. The predicted octanol–water partition coefficient (Wildman–Crippen LogP) is 4.42. The van der Waals surface area contributed by atoms with Gasteiger partial charge in [0.05, 0.1) is 0 Å². The minimum absolute atomic E-state index is 0.167. The predicted molar refractivity (Wildman–Crippen MR) is 75.4 cm³/mol. The summed E-state index contributed by atoms with van der Waals surface area (Å²) in [6.07, 6.45) is 17.7. The Kier molecular flexibility index (Phi) is 4.45. The fourth-order valence-corrected chi connectivity index (χ4v) is 3.99. The van der Waals surface area contributed by atoms with Crippen LogP contribution in [0.2, 0.25) is 0 Å². The summed E-state index contributed by atoms with van der Waals surface area (Å²) in [6.45, 7) is 0. The average molecular weight is 267 g/mol. The summed E-state index contributed by atoms with van der Waals surface area (Å²) in [4.78, 5) is 11.8. The maximum atomic E-state index is 5.90. The highest BCUT2D eigenvalue weighted by Crippen LogP contribution is 2.40. The Morgan fingerprint density at radius 2 is 0.789 bits per heavy atom. The normalized spacial score (nSPS) is 31.6. The first kappa shape index (κ1) is 13.8. The van der Waals surface area contributed by atoms with E-state index in [4.69, 9.17) is 9.78 Å². The van der Waals surface area contributed by atoms with E-state index in [1.165, 1.54) is 64.2 Å². The zero-order valence-electron chi connectivity index (χ0n) is 12.2. The number of hydrogen-bond acceptors (Lipinski definition) is 3. The topological polar surface area (TPSA) is 30.5 Å². The summed E-state index contributed by atoms with van der Waals surface area (Å²) in [6, 6.07) is 0. The highest BCUT2D eigenvalue weighted by atomic mass is 17.2. The van der Waals surface area contributed by atoms with Crippen LogP contribution in [0.3, 0.4) is 0 Å². The van der Waals surface area contributed by atoms with E-state index in [1.807, 2.05) is 0 Å². The van der Waals surface area contributed by atoms with Gasteiger partial charge in [0.15, 0.2) is 11.4 Å². The maximum Gasteiger partial charge on any atom is 0.156 e. The van der Waals surface area contributed by atoms with E-state index < -0.39 is 0 Å². The molecular formula is C16H29NO2. The van der Waals surface area contributed by atoms with Crippen molar-refractivity contribution in [1.82, 2.24) is 5.32 Å². The Hall–Kier alpha value is -0.120. The van der Waals surface area contributed by atoms with Crippen LogP contribution in [0.15, 0.2) is 0 Å². The molecule has 0 aromatic rings. The van der Waals surface area contributed by atoms with Crippen LogP contribution in [0.1, 0.15) is 89.9 Å². The van der Waals surface area contributed by atoms with Crippen LogP contribution in [0.25, 0.3) is 0 Å². The molecule has 3 rings (SSSR count). The Morgan fingerprint density at radius 3 is 1.16 bits per heavy atom. The summed E-state index contributed by atoms with van der Waals surface area (Å²) < 4.78 is 0. The molecule has 3 fully saturated rings. The van der Waals surface area contributed by atoms with E-state index >= 15 is 0 Å². The smallest absolute Gasteiger partial charge is 0.156 e. The molecule has 0 atom stereocenters. The van der Waals surface area contributed by atoms with Gasteiger partial charge < -0.3 is 0 Å². The summed E-state index contributed by atoms with van der Waals surface area (Å²) in [5.41, 5.74) is -0.334. The minimum atomic E-state index is -0.167. The fourth-order valence-electron chi connectivity index (χ4n) is 3.99. The molecule has 3 nitrogen and oxygen atoms in total. The van der Waals surface area contributed by atoms with Crippen LogP contribution < -0.4 is 5.32 Å². The lowest BCUT2D eigenvalue weighted by Crippen LogP contribution is -2.51. The van der Waals surface area contributed by atoms with Gasteiger partial charge in [0.2, 0.25) is 0 Å². The van der Waals surface area contributed by atoms with E-state index in [-0.39, 0.29) is 11.4 Å². The molecule has 19 heavy (non-hydrogen) atoms. The van der Waals surface area contributed by atoms with Crippen molar-refractivity contribution < 1.29 is 9.78 Å². The molecule has 1 saturated heterocycles. The van der Waals surface area contributed by atoms with Crippen LogP contribution >= 0.6 is 0 Å². The van der Waals surface area contributed by atoms with E-state index in [0.717, 1.165) is 25.7 Å². The first-order chi connectivity index (χ1) is 9.33. The number of nitrogens with one attached hydrogen (secondary N) is 1. The summed E-state index contributed by atoms with van der Waals surface area (Å²) in [5.74, 6) is 0. The van der Waals surface area contributed by atoms with Crippen molar-refractivity contribution in [2.24, 2.45) is 0 Å². The monoisotopic (exact) mass is 267 g/mol. The second-order valence-electron chi connectivity index (χ2n) is 6.82. The molecule has 1 N–H and O–H groups in total. The standard InChI is InChI=1S/C16H29NO2/c1-3-7-11-15(12-8-4-1)17-16(19-18-15)13-9-5-2-6-10-14-16/h17H,1-14H2. The molecule has 0 aromatic carbocycles. The fraction of sp³-hybridized carbons (Fsp3) is 1.00. The summed E-state index contributed by atoms with van der Waals surface area (Å²) in [7, 11) is 0. The molecule has 2 spiro atoms. The zero-order chi connectivity index (χ0) is 13.0. The molecule has 3 aliphatic rings. The molecule has 0 amide bonds. The second-order valence-corrected chi connectivity index (χ2v) is 6.82. The first-order valence-corrected chi connectivity index (χ1v) is 8.49. The van der Waals surface area contributed by atoms with Crippen molar-refractivity contribution in [2.45, 2.75) is 101 Å². The van der Waals surface area contributed by atoms with Crippen molar-refractivity contribution in [2.75, 3.05) is 0 Å². The molecule has 3 heteroatoms. The van der Waals surface area contributed by atoms with Crippen LogP contribution in [-0.4, -0.2) is 11.4 Å². The van der Waals surface area contributed by atoms with Crippen LogP contribution in [0.4, 0.5) is 0 Å². The van der Waals surface area contributed by atoms with Gasteiger partial charge in [-0.2, -0.15) is 0 Å². The minimum Gasteiger partial charge on any atom is -0.256 e. The summed E-state index contributed by atoms with van der Waals surface area (Å²) >= 11 is 0. The maximum absolute atomic E-state index is 5.90. The third-order valence-electron chi connectivity index (χ3n) is 5.14. The molecule has 0 radical (unpaired) electrons. The first-order valence-electron chi connectivity index (χ1n) is 8.49. The van der Waals surface area contributed by atoms with E-state index in [2.05, 4.69) is 5.32 Å². The average Bonchev–Trinajstić information content (AvgIpc) is 2.71. The molecule has 0 unspecified atom stereocenters. The van der Waals surface area contributed by atoms with Gasteiger partial charge in [-0.05, 0) is 51.4 Å². The van der Waals surface area contributed by atoms with Crippen molar-refractivity contribution >= 4 is 0 Å². The van der Waals surface area contributed by atoms with Gasteiger partial charge in [-0.15, -0.1) is 0 Å². The van der Waals surface area contributed by atoms with Crippen molar-refractivity contribution in [3.63, 3.8) is 0 Å². The number of rotatable bonds is 0. The van der Waals surface area contributed by atoms with E-state index in [0.29, 0.717) is 0 Å². The van der Waals surface area contributed by atoms with Gasteiger partial charge in [0, 0.05) is 0 Å². The highest BCUT2D eigenvalue weighted by molar-refractivity contribution is 4.92. The third-order valence-corrected chi connectivity index (χ3v) is 5.14. The lowest BCUT2D eigenvalue weighted by Gasteiger charge is -2.32. The highest BCUT2D eigenvalue weighted by Gasteiger charge is 2.49. The Balaban J connectivity index is 1.65. The molecule has 2 saturated carbocycles. The molecule has 1 heterocycles. The van der Waals surface area contributed by atoms with Gasteiger partial charge in [0.25, 0.3) is 0 Å². The van der Waals surface area contributed by atoms with E-state index in [9.17, 15) is 0 Å². The van der Waals surface area contributed by atoms with Gasteiger partial charge in [-0.3, -0.25) is 5.32 Å². The van der Waals surface area contributed by atoms with E-state index in [1.54, 1.807) is 0 Å². The Bertz CT molecular complexity index is 248. The quantitative estimate of drug-likeness (QED) is 0.659. The lowest BCUT2D eigenvalue weighted by atomic mass is 9.89. The van der Waals surface area contributed by atoms with Crippen molar-refractivity contribution in [1.29, 1.82) is 0 Å². The third kappa shape index (κ3) is 3.32. The summed E-state index contributed by atoms with van der Waals surface area (Å²) in [5, 5.41) is 3.81.